The number of aryl methyl sites for hydroxylation is 1. The zero-order valence-electron chi connectivity index (χ0n) is 20.6. The third-order valence-electron chi connectivity index (χ3n) is 6.89. The van der Waals surface area contributed by atoms with Gasteiger partial charge in [-0.2, -0.15) is 0 Å². The number of amides is 2. The van der Waals surface area contributed by atoms with Crippen molar-refractivity contribution in [2.45, 2.75) is 52.2 Å². The van der Waals surface area contributed by atoms with Crippen molar-refractivity contribution < 1.29 is 14.3 Å². The van der Waals surface area contributed by atoms with E-state index in [2.05, 4.69) is 22.2 Å². The highest BCUT2D eigenvalue weighted by atomic mass is 32.1. The Morgan fingerprint density at radius 3 is 2.77 bits per heavy atom. The van der Waals surface area contributed by atoms with Crippen molar-refractivity contribution in [3.05, 3.63) is 34.5 Å². The van der Waals surface area contributed by atoms with Crippen molar-refractivity contribution in [2.24, 2.45) is 0 Å². The van der Waals surface area contributed by atoms with Crippen molar-refractivity contribution in [3.63, 3.8) is 0 Å². The van der Waals surface area contributed by atoms with Crippen molar-refractivity contribution >= 4 is 44.8 Å². The molecule has 3 N–H and O–H groups in total. The number of fused-ring (bicyclic) bond motifs is 3. The van der Waals surface area contributed by atoms with Crippen LogP contribution < -0.4 is 15.8 Å². The number of rotatable bonds is 4. The second-order valence-corrected chi connectivity index (χ2v) is 10.3. The first-order valence-corrected chi connectivity index (χ1v) is 12.9. The van der Waals surface area contributed by atoms with E-state index < -0.39 is 0 Å². The summed E-state index contributed by atoms with van der Waals surface area (Å²) in [4.78, 5) is 28.5. The Labute approximate surface area is 209 Å². The fraction of sp³-hybridized carbons (Fsp3) is 0.480. The number of nitrogens with zero attached hydrogens (tertiary/aromatic N) is 4. The average molecular weight is 497 g/mol. The minimum Gasteiger partial charge on any atom is -0.494 e. The van der Waals surface area contributed by atoms with E-state index >= 15 is 0 Å². The largest absolute Gasteiger partial charge is 0.494 e. The number of hydrogen-bond acceptors (Lipinski definition) is 8. The highest BCUT2D eigenvalue weighted by Crippen LogP contribution is 2.40. The van der Waals surface area contributed by atoms with Crippen molar-refractivity contribution in [1.29, 1.82) is 0 Å². The number of urea groups is 1. The number of methoxy groups -OCH3 is 1. The molecule has 0 aliphatic carbocycles. The summed E-state index contributed by atoms with van der Waals surface area (Å²) in [5.41, 5.74) is 9.96. The van der Waals surface area contributed by atoms with Gasteiger partial charge in [0.15, 0.2) is 0 Å². The van der Waals surface area contributed by atoms with Crippen molar-refractivity contribution in [3.8, 4) is 5.75 Å². The molecule has 1 aromatic carbocycles. The summed E-state index contributed by atoms with van der Waals surface area (Å²) < 4.78 is 11.2. The molecular formula is C25H32N6O3S. The number of ether oxygens (including phenoxy) is 2. The molecule has 5 rings (SSSR count). The van der Waals surface area contributed by atoms with E-state index in [0.29, 0.717) is 37.7 Å². The van der Waals surface area contributed by atoms with Crippen LogP contribution in [0.2, 0.25) is 0 Å². The van der Waals surface area contributed by atoms with Gasteiger partial charge in [-0.15, -0.1) is 11.3 Å². The summed E-state index contributed by atoms with van der Waals surface area (Å²) in [6.07, 6.45) is 3.16. The van der Waals surface area contributed by atoms with Crippen molar-refractivity contribution in [1.82, 2.24) is 19.8 Å². The molecule has 10 heteroatoms. The van der Waals surface area contributed by atoms with Gasteiger partial charge in [-0.3, -0.25) is 0 Å². The maximum Gasteiger partial charge on any atom is 0.320 e. The lowest BCUT2D eigenvalue weighted by Crippen LogP contribution is -2.57. The van der Waals surface area contributed by atoms with Crippen LogP contribution in [0.25, 0.3) is 10.2 Å². The molecule has 2 amide bonds. The third kappa shape index (κ3) is 4.25. The summed E-state index contributed by atoms with van der Waals surface area (Å²) in [5, 5.41) is 4.49. The Bertz CT molecular complexity index is 1250. The van der Waals surface area contributed by atoms with Gasteiger partial charge in [-0.05, 0) is 43.9 Å². The number of carbonyl (C=O) groups excluding carboxylic acids is 1. The number of nitrogens with one attached hydrogen (secondary N) is 1. The fourth-order valence-electron chi connectivity index (χ4n) is 5.07. The number of morpholine rings is 1. The molecule has 3 aromatic rings. The van der Waals surface area contributed by atoms with Gasteiger partial charge in [0.1, 0.15) is 22.7 Å². The molecule has 2 aliphatic rings. The van der Waals surface area contributed by atoms with E-state index in [1.165, 1.54) is 5.56 Å². The predicted octanol–water partition coefficient (Wildman–Crippen LogP) is 4.18. The number of anilines is 3. The second kappa shape index (κ2) is 9.50. The lowest BCUT2D eigenvalue weighted by molar-refractivity contribution is -0.0226. The maximum absolute atomic E-state index is 13.4. The highest BCUT2D eigenvalue weighted by Gasteiger charge is 2.35. The van der Waals surface area contributed by atoms with Gasteiger partial charge >= 0.3 is 6.03 Å². The number of carbonyl (C=O) groups is 1. The van der Waals surface area contributed by atoms with E-state index in [9.17, 15) is 4.79 Å². The van der Waals surface area contributed by atoms with Gasteiger partial charge in [-0.25, -0.2) is 14.8 Å². The van der Waals surface area contributed by atoms with Crippen LogP contribution in [-0.4, -0.2) is 64.8 Å². The Balaban J connectivity index is 1.45. The molecule has 0 spiro atoms. The predicted molar refractivity (Wildman–Crippen MR) is 139 cm³/mol. The van der Waals surface area contributed by atoms with Crippen LogP contribution in [0.15, 0.2) is 18.5 Å². The molecule has 186 valence electrons. The molecule has 0 saturated carbocycles. The minimum absolute atomic E-state index is 0.0691. The lowest BCUT2D eigenvalue weighted by Gasteiger charge is -2.42. The number of hydrogen-bond donors (Lipinski definition) is 2. The molecule has 35 heavy (non-hydrogen) atoms. The molecule has 1 saturated heterocycles. The molecule has 4 heterocycles. The molecule has 9 nitrogen and oxygen atoms in total. The number of nitrogen functional groups attached to an aromatic ring is 1. The zero-order chi connectivity index (χ0) is 24.7. The van der Waals surface area contributed by atoms with Crippen LogP contribution in [0.5, 0.6) is 5.75 Å². The van der Waals surface area contributed by atoms with Crippen LogP contribution in [0.1, 0.15) is 36.8 Å². The number of aromatic nitrogens is 2. The first-order valence-electron chi connectivity index (χ1n) is 12.0. The van der Waals surface area contributed by atoms with Gasteiger partial charge in [0, 0.05) is 23.2 Å². The second-order valence-electron chi connectivity index (χ2n) is 9.23. The molecule has 0 bridgehead atoms. The van der Waals surface area contributed by atoms with Gasteiger partial charge in [0.25, 0.3) is 0 Å². The summed E-state index contributed by atoms with van der Waals surface area (Å²) in [6, 6.07) is 4.09. The topological polar surface area (TPSA) is 106 Å². The summed E-state index contributed by atoms with van der Waals surface area (Å²) in [5.74, 6) is 1.41. The van der Waals surface area contributed by atoms with Crippen LogP contribution >= 0.6 is 11.3 Å². The lowest BCUT2D eigenvalue weighted by atomic mass is 10.0. The molecule has 2 atom stereocenters. The first kappa shape index (κ1) is 23.6. The highest BCUT2D eigenvalue weighted by molar-refractivity contribution is 7.19. The number of benzene rings is 1. The van der Waals surface area contributed by atoms with Crippen LogP contribution in [-0.2, 0) is 24.1 Å². The van der Waals surface area contributed by atoms with Crippen LogP contribution in [0.4, 0.5) is 22.0 Å². The Morgan fingerprint density at radius 2 is 2.06 bits per heavy atom. The van der Waals surface area contributed by atoms with E-state index in [0.717, 1.165) is 45.0 Å². The van der Waals surface area contributed by atoms with Gasteiger partial charge < -0.3 is 30.3 Å². The van der Waals surface area contributed by atoms with Gasteiger partial charge in [0.05, 0.1) is 50.0 Å². The molecule has 2 aliphatic heterocycles. The normalized spacial score (nSPS) is 20.1. The quantitative estimate of drug-likeness (QED) is 0.522. The van der Waals surface area contributed by atoms with E-state index in [1.54, 1.807) is 24.8 Å². The van der Waals surface area contributed by atoms with Crippen LogP contribution in [0, 0.1) is 0 Å². The number of nitrogens with two attached hydrogens (primary N) is 1. The van der Waals surface area contributed by atoms with E-state index in [1.807, 2.05) is 35.8 Å². The zero-order valence-corrected chi connectivity index (χ0v) is 21.4. The maximum atomic E-state index is 13.4. The SMILES string of the molecule is CCc1cc(Nc2ncnc3sc4c(c23)CCN(C(=O)N2C(C)COCC2C)C4)c(OC)cc1N. The van der Waals surface area contributed by atoms with Crippen LogP contribution in [0.3, 0.4) is 0 Å². The smallest absolute Gasteiger partial charge is 0.320 e. The summed E-state index contributed by atoms with van der Waals surface area (Å²) >= 11 is 1.63. The number of thiophene rings is 1. The van der Waals surface area contributed by atoms with Gasteiger partial charge in [0.2, 0.25) is 0 Å². The monoisotopic (exact) mass is 496 g/mol. The molecule has 1 fully saturated rings. The Hall–Kier alpha value is -3.11. The molecule has 0 radical (unpaired) electrons. The van der Waals surface area contributed by atoms with E-state index in [4.69, 9.17) is 15.2 Å². The first-order chi connectivity index (χ1) is 16.9. The average Bonchev–Trinajstić information content (AvgIpc) is 3.23. The third-order valence-corrected chi connectivity index (χ3v) is 8.02. The van der Waals surface area contributed by atoms with E-state index in [-0.39, 0.29) is 18.1 Å². The van der Waals surface area contributed by atoms with Crippen molar-refractivity contribution in [2.75, 3.05) is 37.9 Å². The molecule has 2 aromatic heterocycles. The molecule has 2 unspecified atom stereocenters. The Morgan fingerprint density at radius 1 is 1.29 bits per heavy atom. The molecular weight excluding hydrogens is 464 g/mol. The summed E-state index contributed by atoms with van der Waals surface area (Å²) in [6.45, 7) is 8.57. The minimum atomic E-state index is 0.0691. The Kier molecular flexibility index (Phi) is 6.41. The standard InChI is InChI=1S/C25H32N6O3S/c1-5-16-8-19(20(33-4)9-18(16)26)29-23-22-17-6-7-30(10-21(17)35-24(22)28-13-27-23)25(32)31-14(2)11-34-12-15(31)3/h8-9,13-15H,5-7,10-12,26H2,1-4H3,(H,27,28,29). The fourth-order valence-corrected chi connectivity index (χ4v) is 6.27. The van der Waals surface area contributed by atoms with Gasteiger partial charge in [-0.1, -0.05) is 6.92 Å². The summed E-state index contributed by atoms with van der Waals surface area (Å²) in [7, 11) is 1.63.